The van der Waals surface area contributed by atoms with E-state index in [4.69, 9.17) is 0 Å². The minimum atomic E-state index is 1.11. The fourth-order valence-electron chi connectivity index (χ4n) is 12.7. The SMILES string of the molecule is c1ccc(-c2c(-c3ccccc3)n(-c3ccccc3)c3ccc(-n4c5ccc(-c6ccc7c(c6)c6ccccc6n7-c6ccccc6)cc5c5cc(-c6ccc7c(c6)c6ccccc6n7-c6ccccc6)ccc54)cc23)cc1. The first kappa shape index (κ1) is 43.9. The number of benzene rings is 12. The molecule has 0 amide bonds. The monoisotopic (exact) mass is 992 g/mol. The van der Waals surface area contributed by atoms with Crippen LogP contribution in [-0.4, -0.2) is 18.3 Å². The van der Waals surface area contributed by atoms with E-state index >= 15 is 0 Å². The van der Waals surface area contributed by atoms with Gasteiger partial charge in [0.1, 0.15) is 0 Å². The van der Waals surface area contributed by atoms with Crippen molar-refractivity contribution in [3.8, 4) is 67.4 Å². The summed E-state index contributed by atoms with van der Waals surface area (Å²) in [5.41, 5.74) is 22.2. The lowest BCUT2D eigenvalue weighted by Gasteiger charge is -2.13. The fraction of sp³-hybridized carbons (Fsp3) is 0. The number of para-hydroxylation sites is 5. The van der Waals surface area contributed by atoms with Crippen LogP contribution in [-0.2, 0) is 0 Å². The molecule has 0 bridgehead atoms. The highest BCUT2D eigenvalue weighted by Gasteiger charge is 2.24. The predicted molar refractivity (Wildman–Crippen MR) is 328 cm³/mol. The maximum Gasteiger partial charge on any atom is 0.0619 e. The third kappa shape index (κ3) is 6.80. The van der Waals surface area contributed by atoms with Crippen molar-refractivity contribution in [3.05, 3.63) is 291 Å². The van der Waals surface area contributed by atoms with E-state index in [1.165, 1.54) is 104 Å². The second-order valence-corrected chi connectivity index (χ2v) is 20.5. The summed E-state index contributed by atoms with van der Waals surface area (Å²) in [6.07, 6.45) is 0. The zero-order valence-corrected chi connectivity index (χ0v) is 42.5. The minimum Gasteiger partial charge on any atom is -0.309 e. The van der Waals surface area contributed by atoms with Gasteiger partial charge in [0.2, 0.25) is 0 Å². The number of fused-ring (bicyclic) bond motifs is 10. The van der Waals surface area contributed by atoms with Gasteiger partial charge in [-0.15, -0.1) is 0 Å². The Morgan fingerprint density at radius 2 is 0.474 bits per heavy atom. The van der Waals surface area contributed by atoms with Crippen molar-refractivity contribution in [1.82, 2.24) is 18.3 Å². The van der Waals surface area contributed by atoms with Crippen molar-refractivity contribution in [3.63, 3.8) is 0 Å². The van der Waals surface area contributed by atoms with E-state index in [1.54, 1.807) is 0 Å². The molecule has 0 aliphatic carbocycles. The largest absolute Gasteiger partial charge is 0.309 e. The van der Waals surface area contributed by atoms with Gasteiger partial charge in [-0.3, -0.25) is 0 Å². The molecule has 4 heterocycles. The van der Waals surface area contributed by atoms with Gasteiger partial charge in [-0.05, 0) is 149 Å². The van der Waals surface area contributed by atoms with E-state index in [0.29, 0.717) is 0 Å². The zero-order chi connectivity index (χ0) is 51.3. The fourth-order valence-corrected chi connectivity index (χ4v) is 12.7. The summed E-state index contributed by atoms with van der Waals surface area (Å²) >= 11 is 0. The summed E-state index contributed by atoms with van der Waals surface area (Å²) in [5.74, 6) is 0. The highest BCUT2D eigenvalue weighted by atomic mass is 15.0. The molecule has 4 nitrogen and oxygen atoms in total. The Kier molecular flexibility index (Phi) is 9.91. The molecule has 364 valence electrons. The van der Waals surface area contributed by atoms with Crippen LogP contribution in [0, 0.1) is 0 Å². The van der Waals surface area contributed by atoms with Crippen LogP contribution < -0.4 is 0 Å². The van der Waals surface area contributed by atoms with E-state index in [2.05, 4.69) is 309 Å². The van der Waals surface area contributed by atoms with E-state index in [1.807, 2.05) is 0 Å². The van der Waals surface area contributed by atoms with E-state index in [9.17, 15) is 0 Å². The number of hydrogen-bond donors (Lipinski definition) is 0. The van der Waals surface area contributed by atoms with Crippen LogP contribution >= 0.6 is 0 Å². The average molecular weight is 993 g/mol. The third-order valence-corrected chi connectivity index (χ3v) is 16.1. The molecule has 0 atom stereocenters. The van der Waals surface area contributed by atoms with E-state index in [-0.39, 0.29) is 0 Å². The van der Waals surface area contributed by atoms with Gasteiger partial charge in [0.05, 0.1) is 44.3 Å². The molecule has 0 spiro atoms. The van der Waals surface area contributed by atoms with Crippen LogP contribution in [0.25, 0.3) is 144 Å². The lowest BCUT2D eigenvalue weighted by molar-refractivity contribution is 1.13. The Balaban J connectivity index is 0.936. The minimum absolute atomic E-state index is 1.11. The van der Waals surface area contributed by atoms with Crippen molar-refractivity contribution in [2.45, 2.75) is 0 Å². The smallest absolute Gasteiger partial charge is 0.0619 e. The van der Waals surface area contributed by atoms with Gasteiger partial charge in [0.15, 0.2) is 0 Å². The summed E-state index contributed by atoms with van der Waals surface area (Å²) in [6.45, 7) is 0. The second kappa shape index (κ2) is 17.6. The maximum atomic E-state index is 2.49. The van der Waals surface area contributed by atoms with Gasteiger partial charge < -0.3 is 18.3 Å². The molecule has 0 fully saturated rings. The Morgan fingerprint density at radius 3 is 0.910 bits per heavy atom. The molecule has 0 aliphatic rings. The van der Waals surface area contributed by atoms with Gasteiger partial charge in [0, 0.05) is 66.0 Å². The Hall–Kier alpha value is -10.4. The molecule has 0 saturated heterocycles. The molecule has 0 unspecified atom stereocenters. The van der Waals surface area contributed by atoms with Gasteiger partial charge in [-0.25, -0.2) is 0 Å². The maximum absolute atomic E-state index is 2.49. The molecule has 0 N–H and O–H groups in total. The Morgan fingerprint density at radius 1 is 0.167 bits per heavy atom. The number of rotatable bonds is 8. The highest BCUT2D eigenvalue weighted by molar-refractivity contribution is 6.15. The van der Waals surface area contributed by atoms with Crippen molar-refractivity contribution < 1.29 is 0 Å². The van der Waals surface area contributed by atoms with Crippen molar-refractivity contribution in [2.75, 3.05) is 0 Å². The molecule has 0 radical (unpaired) electrons. The summed E-state index contributed by atoms with van der Waals surface area (Å²) in [7, 11) is 0. The first-order valence-electron chi connectivity index (χ1n) is 26.8. The molecular formula is C74H48N4. The lowest BCUT2D eigenvalue weighted by Crippen LogP contribution is -1.97. The topological polar surface area (TPSA) is 19.7 Å². The van der Waals surface area contributed by atoms with Crippen LogP contribution in [0.5, 0.6) is 0 Å². The standard InChI is InChI=1S/C74H48N4/c1-6-20-49(21-7-1)73-65-48-58(38-43-72(65)78(57-28-14-5-15-29-57)74(73)50-22-8-2-9-23-50)77-70-41-36-53(51-34-39-68-61(44-51)59-30-16-18-32-66(59)75(68)55-24-10-3-11-25-55)46-63(70)64-47-54(37-42-71(64)77)52-35-40-69-62(45-52)60-31-17-19-33-67(60)76(69)56-26-12-4-13-27-56/h1-48H. The molecule has 16 rings (SSSR count). The summed E-state index contributed by atoms with van der Waals surface area (Å²) in [5, 5.41) is 8.55. The van der Waals surface area contributed by atoms with Crippen molar-refractivity contribution in [1.29, 1.82) is 0 Å². The van der Waals surface area contributed by atoms with Crippen LogP contribution in [0.15, 0.2) is 291 Å². The van der Waals surface area contributed by atoms with Crippen LogP contribution in [0.4, 0.5) is 0 Å². The molecule has 16 aromatic rings. The Labute approximate surface area is 450 Å². The van der Waals surface area contributed by atoms with Crippen LogP contribution in [0.2, 0.25) is 0 Å². The molecular weight excluding hydrogens is 945 g/mol. The van der Waals surface area contributed by atoms with Gasteiger partial charge in [-0.1, -0.05) is 176 Å². The number of nitrogens with zero attached hydrogens (tertiary/aromatic N) is 4. The molecule has 0 saturated carbocycles. The van der Waals surface area contributed by atoms with E-state index in [0.717, 1.165) is 39.3 Å². The van der Waals surface area contributed by atoms with Gasteiger partial charge in [0.25, 0.3) is 0 Å². The normalized spacial score (nSPS) is 11.8. The van der Waals surface area contributed by atoms with Gasteiger partial charge in [-0.2, -0.15) is 0 Å². The molecule has 0 aliphatic heterocycles. The number of hydrogen-bond acceptors (Lipinski definition) is 0. The first-order chi connectivity index (χ1) is 38.7. The Bertz CT molecular complexity index is 4770. The average Bonchev–Trinajstić information content (AvgIpc) is 4.27. The quantitative estimate of drug-likeness (QED) is 0.145. The second-order valence-electron chi connectivity index (χ2n) is 20.5. The molecule has 4 heteroatoms. The zero-order valence-electron chi connectivity index (χ0n) is 42.5. The van der Waals surface area contributed by atoms with Crippen LogP contribution in [0.3, 0.4) is 0 Å². The van der Waals surface area contributed by atoms with Gasteiger partial charge >= 0.3 is 0 Å². The molecule has 12 aromatic carbocycles. The predicted octanol–water partition coefficient (Wildman–Crippen LogP) is 19.6. The molecule has 78 heavy (non-hydrogen) atoms. The van der Waals surface area contributed by atoms with E-state index < -0.39 is 0 Å². The third-order valence-electron chi connectivity index (χ3n) is 16.1. The number of aromatic nitrogens is 4. The summed E-state index contributed by atoms with van der Waals surface area (Å²) < 4.78 is 9.71. The van der Waals surface area contributed by atoms with Crippen molar-refractivity contribution >= 4 is 76.3 Å². The lowest BCUT2D eigenvalue weighted by atomic mass is 9.98. The highest BCUT2D eigenvalue weighted by Crippen LogP contribution is 2.46. The van der Waals surface area contributed by atoms with Crippen molar-refractivity contribution in [2.24, 2.45) is 0 Å². The molecule has 4 aromatic heterocycles. The first-order valence-corrected chi connectivity index (χ1v) is 26.8. The van der Waals surface area contributed by atoms with Crippen LogP contribution in [0.1, 0.15) is 0 Å². The summed E-state index contributed by atoms with van der Waals surface area (Å²) in [6, 6.07) is 107. The summed E-state index contributed by atoms with van der Waals surface area (Å²) in [4.78, 5) is 0.